The maximum Gasteiger partial charge on any atom is 0.0951 e. The van der Waals surface area contributed by atoms with Crippen LogP contribution in [0.25, 0.3) is 0 Å². The van der Waals surface area contributed by atoms with E-state index in [1.54, 1.807) is 7.11 Å². The molecule has 20 heavy (non-hydrogen) atoms. The van der Waals surface area contributed by atoms with Gasteiger partial charge in [-0.1, -0.05) is 13.8 Å². The van der Waals surface area contributed by atoms with E-state index in [1.807, 2.05) is 12.5 Å². The van der Waals surface area contributed by atoms with Crippen LogP contribution < -0.4 is 5.32 Å². The third-order valence-corrected chi connectivity index (χ3v) is 3.25. The van der Waals surface area contributed by atoms with Gasteiger partial charge in [-0.3, -0.25) is 0 Å². The van der Waals surface area contributed by atoms with Crippen molar-refractivity contribution in [3.05, 3.63) is 18.2 Å². The van der Waals surface area contributed by atoms with Gasteiger partial charge in [-0.25, -0.2) is 4.98 Å². The Morgan fingerprint density at radius 2 is 2.15 bits per heavy atom. The molecule has 0 fully saturated rings. The Morgan fingerprint density at radius 3 is 2.75 bits per heavy atom. The lowest BCUT2D eigenvalue weighted by molar-refractivity contribution is 0.198. The number of ether oxygens (including phenoxy) is 1. The standard InChI is InChI=1S/C15H30N4O/c1-13(2)8-14(11-18(3)4)19-12-17-10-15(19)9-16-6-7-20-5/h10,12-14,16H,6-9,11H2,1-5H3. The van der Waals surface area contributed by atoms with Gasteiger partial charge >= 0.3 is 0 Å². The van der Waals surface area contributed by atoms with E-state index in [0.717, 1.165) is 26.2 Å². The van der Waals surface area contributed by atoms with Crippen LogP contribution in [0, 0.1) is 5.92 Å². The Kier molecular flexibility index (Phi) is 7.80. The SMILES string of the molecule is COCCNCc1cncn1C(CC(C)C)CN(C)C. The first-order valence-electron chi connectivity index (χ1n) is 7.39. The molecule has 0 aliphatic rings. The van der Waals surface area contributed by atoms with Crippen molar-refractivity contribution in [3.63, 3.8) is 0 Å². The average Bonchev–Trinajstić information content (AvgIpc) is 2.81. The minimum atomic E-state index is 0.478. The van der Waals surface area contributed by atoms with Gasteiger partial charge in [0.15, 0.2) is 0 Å². The van der Waals surface area contributed by atoms with E-state index in [0.29, 0.717) is 12.0 Å². The normalized spacial score (nSPS) is 13.3. The number of rotatable bonds is 10. The molecule has 0 amide bonds. The number of imidazole rings is 1. The van der Waals surface area contributed by atoms with E-state index in [9.17, 15) is 0 Å². The summed E-state index contributed by atoms with van der Waals surface area (Å²) in [6.07, 6.45) is 5.09. The molecule has 0 spiro atoms. The van der Waals surface area contributed by atoms with Gasteiger partial charge in [0.05, 0.1) is 18.6 Å². The fourth-order valence-electron chi connectivity index (χ4n) is 2.43. The summed E-state index contributed by atoms with van der Waals surface area (Å²) in [5.74, 6) is 0.677. The highest BCUT2D eigenvalue weighted by Gasteiger charge is 2.16. The smallest absolute Gasteiger partial charge is 0.0951 e. The Balaban J connectivity index is 2.67. The second kappa shape index (κ2) is 9.10. The van der Waals surface area contributed by atoms with E-state index >= 15 is 0 Å². The van der Waals surface area contributed by atoms with Crippen LogP contribution in [0.2, 0.25) is 0 Å². The molecule has 0 radical (unpaired) electrons. The van der Waals surface area contributed by atoms with E-state index in [-0.39, 0.29) is 0 Å². The third kappa shape index (κ3) is 6.03. The van der Waals surface area contributed by atoms with Crippen LogP contribution >= 0.6 is 0 Å². The van der Waals surface area contributed by atoms with Crippen LogP contribution in [0.5, 0.6) is 0 Å². The van der Waals surface area contributed by atoms with Gasteiger partial charge in [-0.15, -0.1) is 0 Å². The summed E-state index contributed by atoms with van der Waals surface area (Å²) in [7, 11) is 5.98. The fraction of sp³-hybridized carbons (Fsp3) is 0.800. The van der Waals surface area contributed by atoms with Crippen molar-refractivity contribution in [1.82, 2.24) is 19.8 Å². The minimum absolute atomic E-state index is 0.478. The Hall–Kier alpha value is -0.910. The van der Waals surface area contributed by atoms with Gasteiger partial charge in [0.25, 0.3) is 0 Å². The second-order valence-corrected chi connectivity index (χ2v) is 6.01. The summed E-state index contributed by atoms with van der Waals surface area (Å²) >= 11 is 0. The zero-order valence-corrected chi connectivity index (χ0v) is 13.6. The molecule has 1 rings (SSSR count). The lowest BCUT2D eigenvalue weighted by Gasteiger charge is -2.26. The lowest BCUT2D eigenvalue weighted by atomic mass is 10.0. The summed E-state index contributed by atoms with van der Waals surface area (Å²) < 4.78 is 7.37. The molecule has 1 unspecified atom stereocenters. The zero-order valence-electron chi connectivity index (χ0n) is 13.6. The van der Waals surface area contributed by atoms with Crippen LogP contribution in [0.4, 0.5) is 0 Å². The molecule has 1 heterocycles. The van der Waals surface area contributed by atoms with Gasteiger partial charge in [-0.05, 0) is 26.4 Å². The van der Waals surface area contributed by atoms with Gasteiger partial charge < -0.3 is 19.5 Å². The van der Waals surface area contributed by atoms with Gasteiger partial charge in [0.2, 0.25) is 0 Å². The molecule has 0 saturated carbocycles. The molecule has 5 heteroatoms. The van der Waals surface area contributed by atoms with Crippen molar-refractivity contribution in [2.24, 2.45) is 5.92 Å². The van der Waals surface area contributed by atoms with E-state index in [4.69, 9.17) is 4.74 Å². The summed E-state index contributed by atoms with van der Waals surface area (Å²) in [6.45, 7) is 8.03. The van der Waals surface area contributed by atoms with Crippen molar-refractivity contribution in [2.75, 3.05) is 40.9 Å². The van der Waals surface area contributed by atoms with Crippen molar-refractivity contribution in [1.29, 1.82) is 0 Å². The molecule has 0 aliphatic carbocycles. The molecule has 1 aromatic heterocycles. The summed E-state index contributed by atoms with van der Waals surface area (Å²) in [5.41, 5.74) is 1.24. The monoisotopic (exact) mass is 282 g/mol. The zero-order chi connectivity index (χ0) is 15.0. The molecule has 0 bridgehead atoms. The topological polar surface area (TPSA) is 42.3 Å². The quantitative estimate of drug-likeness (QED) is 0.664. The number of hydrogen-bond donors (Lipinski definition) is 1. The number of aromatic nitrogens is 2. The number of methoxy groups -OCH3 is 1. The van der Waals surface area contributed by atoms with Crippen LogP contribution in [0.3, 0.4) is 0 Å². The molecule has 1 atom stereocenters. The van der Waals surface area contributed by atoms with Crippen molar-refractivity contribution < 1.29 is 4.74 Å². The van der Waals surface area contributed by atoms with Crippen LogP contribution in [-0.2, 0) is 11.3 Å². The molecule has 1 aromatic rings. The van der Waals surface area contributed by atoms with Gasteiger partial charge in [-0.2, -0.15) is 0 Å². The van der Waals surface area contributed by atoms with Crippen LogP contribution in [0.1, 0.15) is 32.0 Å². The molecule has 5 nitrogen and oxygen atoms in total. The largest absolute Gasteiger partial charge is 0.383 e. The molecule has 0 saturated heterocycles. The predicted molar refractivity (Wildman–Crippen MR) is 82.9 cm³/mol. The van der Waals surface area contributed by atoms with Crippen molar-refractivity contribution in [2.45, 2.75) is 32.9 Å². The first-order valence-corrected chi connectivity index (χ1v) is 7.39. The van der Waals surface area contributed by atoms with E-state index < -0.39 is 0 Å². The van der Waals surface area contributed by atoms with Crippen LogP contribution in [0.15, 0.2) is 12.5 Å². The van der Waals surface area contributed by atoms with Gasteiger partial charge in [0.1, 0.15) is 0 Å². The Bertz CT molecular complexity index is 353. The van der Waals surface area contributed by atoms with E-state index in [1.165, 1.54) is 12.1 Å². The molecular formula is C15H30N4O. The highest BCUT2D eigenvalue weighted by molar-refractivity contribution is 5.00. The summed E-state index contributed by atoms with van der Waals surface area (Å²) in [5, 5.41) is 3.39. The molecular weight excluding hydrogens is 252 g/mol. The maximum atomic E-state index is 5.05. The molecule has 116 valence electrons. The molecule has 0 aromatic carbocycles. The minimum Gasteiger partial charge on any atom is -0.383 e. The Morgan fingerprint density at radius 1 is 1.40 bits per heavy atom. The van der Waals surface area contributed by atoms with E-state index in [2.05, 4.69) is 47.7 Å². The summed E-state index contributed by atoms with van der Waals surface area (Å²) in [4.78, 5) is 6.57. The average molecular weight is 282 g/mol. The van der Waals surface area contributed by atoms with Crippen molar-refractivity contribution in [3.8, 4) is 0 Å². The summed E-state index contributed by atoms with van der Waals surface area (Å²) in [6, 6.07) is 0.478. The second-order valence-electron chi connectivity index (χ2n) is 6.01. The maximum absolute atomic E-state index is 5.05. The third-order valence-electron chi connectivity index (χ3n) is 3.25. The highest BCUT2D eigenvalue weighted by atomic mass is 16.5. The van der Waals surface area contributed by atoms with Crippen molar-refractivity contribution >= 4 is 0 Å². The number of likely N-dealkylation sites (N-methyl/N-ethyl adjacent to an activating group) is 1. The number of hydrogen-bond acceptors (Lipinski definition) is 4. The number of nitrogens with zero attached hydrogens (tertiary/aromatic N) is 3. The highest BCUT2D eigenvalue weighted by Crippen LogP contribution is 2.20. The predicted octanol–water partition coefficient (Wildman–Crippen LogP) is 1.77. The van der Waals surface area contributed by atoms with Gasteiger partial charge in [0, 0.05) is 39.0 Å². The Labute approximate surface area is 123 Å². The van der Waals surface area contributed by atoms with Crippen LogP contribution in [-0.4, -0.2) is 55.4 Å². The first-order chi connectivity index (χ1) is 9.54. The fourth-order valence-corrected chi connectivity index (χ4v) is 2.43. The molecule has 1 N–H and O–H groups in total. The first kappa shape index (κ1) is 17.1. The number of nitrogens with one attached hydrogen (secondary N) is 1. The lowest BCUT2D eigenvalue weighted by Crippen LogP contribution is -2.28. The molecule has 0 aliphatic heterocycles.